The first kappa shape index (κ1) is 14.3. The number of amides is 2. The van der Waals surface area contributed by atoms with Crippen LogP contribution >= 0.6 is 0 Å². The van der Waals surface area contributed by atoms with Crippen LogP contribution in [0.3, 0.4) is 0 Å². The molecule has 4 N–H and O–H groups in total. The predicted octanol–water partition coefficient (Wildman–Crippen LogP) is 0.560. The molecule has 0 radical (unpaired) electrons. The maximum atomic E-state index is 11.6. The molecule has 18 heavy (non-hydrogen) atoms. The Morgan fingerprint density at radius 1 is 1.28 bits per heavy atom. The number of hydrogen-bond donors (Lipinski definition) is 4. The summed E-state index contributed by atoms with van der Waals surface area (Å²) in [5.41, 5.74) is -0.456. The molecule has 1 aromatic carbocycles. The molecule has 6 nitrogen and oxygen atoms in total. The quantitative estimate of drug-likeness (QED) is 0.618. The van der Waals surface area contributed by atoms with Gasteiger partial charge in [0.05, 0.1) is 25.9 Å². The van der Waals surface area contributed by atoms with Crippen molar-refractivity contribution in [2.24, 2.45) is 0 Å². The summed E-state index contributed by atoms with van der Waals surface area (Å²) in [5.74, 6) is 0.691. The number of aliphatic hydroxyl groups excluding tert-OH is 2. The van der Waals surface area contributed by atoms with Crippen molar-refractivity contribution in [2.75, 3.05) is 25.6 Å². The maximum absolute atomic E-state index is 11.6. The standard InChI is InChI=1S/C12H18N2O4/c1-12(7-15,8-16)14-11(17)13-9-3-5-10(18-2)6-4-9/h3-6,15-16H,7-8H2,1-2H3,(H2,13,14,17). The van der Waals surface area contributed by atoms with Gasteiger partial charge >= 0.3 is 6.03 Å². The molecule has 0 aliphatic carbocycles. The minimum absolute atomic E-state index is 0.348. The first-order valence-electron chi connectivity index (χ1n) is 5.48. The van der Waals surface area contributed by atoms with Crippen LogP contribution < -0.4 is 15.4 Å². The van der Waals surface area contributed by atoms with E-state index in [1.807, 2.05) is 0 Å². The normalized spacial score (nSPS) is 10.9. The third-order valence-corrected chi connectivity index (χ3v) is 2.46. The monoisotopic (exact) mass is 254 g/mol. The highest BCUT2D eigenvalue weighted by molar-refractivity contribution is 5.89. The van der Waals surface area contributed by atoms with Gasteiger partial charge in [-0.05, 0) is 31.2 Å². The highest BCUT2D eigenvalue weighted by atomic mass is 16.5. The van der Waals surface area contributed by atoms with Crippen molar-refractivity contribution in [1.29, 1.82) is 0 Å². The van der Waals surface area contributed by atoms with Crippen LogP contribution in [0.25, 0.3) is 0 Å². The number of ether oxygens (including phenoxy) is 1. The Hall–Kier alpha value is -1.79. The van der Waals surface area contributed by atoms with Gasteiger partial charge in [-0.3, -0.25) is 0 Å². The lowest BCUT2D eigenvalue weighted by Crippen LogP contribution is -2.53. The molecular formula is C12H18N2O4. The van der Waals surface area contributed by atoms with Gasteiger partial charge in [0.25, 0.3) is 0 Å². The number of hydrogen-bond acceptors (Lipinski definition) is 4. The van der Waals surface area contributed by atoms with Crippen molar-refractivity contribution in [3.8, 4) is 5.75 Å². The Balaban J connectivity index is 2.58. The van der Waals surface area contributed by atoms with Gasteiger partial charge < -0.3 is 25.6 Å². The van der Waals surface area contributed by atoms with Gasteiger partial charge in [-0.1, -0.05) is 0 Å². The molecule has 0 atom stereocenters. The molecule has 0 fully saturated rings. The predicted molar refractivity (Wildman–Crippen MR) is 67.7 cm³/mol. The summed E-state index contributed by atoms with van der Waals surface area (Å²) < 4.78 is 5.00. The molecule has 6 heteroatoms. The number of nitrogens with one attached hydrogen (secondary N) is 2. The maximum Gasteiger partial charge on any atom is 0.319 e. The molecule has 0 saturated carbocycles. The molecule has 2 amide bonds. The molecule has 0 spiro atoms. The van der Waals surface area contributed by atoms with Crippen molar-refractivity contribution in [2.45, 2.75) is 12.5 Å². The lowest BCUT2D eigenvalue weighted by atomic mass is 10.1. The number of carbonyl (C=O) groups is 1. The summed E-state index contributed by atoms with van der Waals surface area (Å²) in [5, 5.41) is 23.2. The number of aliphatic hydroxyl groups is 2. The average Bonchev–Trinajstić information content (AvgIpc) is 2.39. The summed E-state index contributed by atoms with van der Waals surface area (Å²) in [7, 11) is 1.56. The molecule has 1 aromatic rings. The summed E-state index contributed by atoms with van der Waals surface area (Å²) in [6.07, 6.45) is 0. The van der Waals surface area contributed by atoms with E-state index in [0.29, 0.717) is 11.4 Å². The molecular weight excluding hydrogens is 236 g/mol. The fraction of sp³-hybridized carbons (Fsp3) is 0.417. The average molecular weight is 254 g/mol. The number of anilines is 1. The molecule has 100 valence electrons. The molecule has 0 saturated heterocycles. The van der Waals surface area contributed by atoms with Gasteiger partial charge in [0.1, 0.15) is 5.75 Å². The van der Waals surface area contributed by atoms with E-state index in [1.165, 1.54) is 0 Å². The second-order valence-corrected chi connectivity index (χ2v) is 4.18. The first-order valence-corrected chi connectivity index (χ1v) is 5.48. The minimum atomic E-state index is -1.05. The van der Waals surface area contributed by atoms with E-state index in [4.69, 9.17) is 14.9 Å². The van der Waals surface area contributed by atoms with Crippen molar-refractivity contribution >= 4 is 11.7 Å². The van der Waals surface area contributed by atoms with E-state index in [0.717, 1.165) is 0 Å². The van der Waals surface area contributed by atoms with Crippen LogP contribution in [0.4, 0.5) is 10.5 Å². The Morgan fingerprint density at radius 3 is 2.28 bits per heavy atom. The molecule has 0 bridgehead atoms. The third-order valence-electron chi connectivity index (χ3n) is 2.46. The van der Waals surface area contributed by atoms with Gasteiger partial charge in [0, 0.05) is 5.69 Å². The summed E-state index contributed by atoms with van der Waals surface area (Å²) >= 11 is 0. The fourth-order valence-electron chi connectivity index (χ4n) is 1.24. The van der Waals surface area contributed by atoms with E-state index in [-0.39, 0.29) is 13.2 Å². The van der Waals surface area contributed by atoms with Gasteiger partial charge in [-0.15, -0.1) is 0 Å². The molecule has 0 heterocycles. The van der Waals surface area contributed by atoms with Crippen LogP contribution in [0.1, 0.15) is 6.92 Å². The number of methoxy groups -OCH3 is 1. The number of carbonyl (C=O) groups excluding carboxylic acids is 1. The number of rotatable bonds is 5. The van der Waals surface area contributed by atoms with Gasteiger partial charge in [-0.25, -0.2) is 4.79 Å². The van der Waals surface area contributed by atoms with Crippen LogP contribution in [0.15, 0.2) is 24.3 Å². The largest absolute Gasteiger partial charge is 0.497 e. The Kier molecular flexibility index (Phi) is 4.94. The molecule has 1 rings (SSSR count). The van der Waals surface area contributed by atoms with Crippen LogP contribution in [0.2, 0.25) is 0 Å². The van der Waals surface area contributed by atoms with E-state index in [9.17, 15) is 4.79 Å². The number of urea groups is 1. The zero-order valence-electron chi connectivity index (χ0n) is 10.4. The van der Waals surface area contributed by atoms with E-state index in [2.05, 4.69) is 10.6 Å². The van der Waals surface area contributed by atoms with Gasteiger partial charge in [0.2, 0.25) is 0 Å². The van der Waals surface area contributed by atoms with Crippen LogP contribution in [-0.4, -0.2) is 42.1 Å². The highest BCUT2D eigenvalue weighted by Crippen LogP contribution is 2.15. The van der Waals surface area contributed by atoms with Gasteiger partial charge in [-0.2, -0.15) is 0 Å². The fourth-order valence-corrected chi connectivity index (χ4v) is 1.24. The smallest absolute Gasteiger partial charge is 0.319 e. The number of benzene rings is 1. The Labute approximate surface area is 106 Å². The molecule has 0 aliphatic rings. The van der Waals surface area contributed by atoms with Crippen molar-refractivity contribution in [1.82, 2.24) is 5.32 Å². The van der Waals surface area contributed by atoms with E-state index >= 15 is 0 Å². The minimum Gasteiger partial charge on any atom is -0.497 e. The second kappa shape index (κ2) is 6.23. The highest BCUT2D eigenvalue weighted by Gasteiger charge is 2.24. The Bertz CT molecular complexity index is 388. The summed E-state index contributed by atoms with van der Waals surface area (Å²) in [6, 6.07) is 6.31. The van der Waals surface area contributed by atoms with E-state index < -0.39 is 11.6 Å². The second-order valence-electron chi connectivity index (χ2n) is 4.18. The van der Waals surface area contributed by atoms with Crippen LogP contribution in [-0.2, 0) is 0 Å². The topological polar surface area (TPSA) is 90.8 Å². The molecule has 0 aromatic heterocycles. The van der Waals surface area contributed by atoms with Gasteiger partial charge in [0.15, 0.2) is 0 Å². The Morgan fingerprint density at radius 2 is 1.83 bits per heavy atom. The molecule has 0 unspecified atom stereocenters. The van der Waals surface area contributed by atoms with Crippen LogP contribution in [0.5, 0.6) is 5.75 Å². The van der Waals surface area contributed by atoms with Crippen molar-refractivity contribution in [3.05, 3.63) is 24.3 Å². The summed E-state index contributed by atoms with van der Waals surface area (Å²) in [4.78, 5) is 11.6. The van der Waals surface area contributed by atoms with Crippen molar-refractivity contribution in [3.63, 3.8) is 0 Å². The van der Waals surface area contributed by atoms with Crippen molar-refractivity contribution < 1.29 is 19.7 Å². The van der Waals surface area contributed by atoms with Crippen LogP contribution in [0, 0.1) is 0 Å². The van der Waals surface area contributed by atoms with E-state index in [1.54, 1.807) is 38.3 Å². The molecule has 0 aliphatic heterocycles. The zero-order chi connectivity index (χ0) is 13.6. The third kappa shape index (κ3) is 3.90. The lowest BCUT2D eigenvalue weighted by Gasteiger charge is -2.26. The SMILES string of the molecule is COc1ccc(NC(=O)NC(C)(CO)CO)cc1. The lowest BCUT2D eigenvalue weighted by molar-refractivity contribution is 0.111. The first-order chi connectivity index (χ1) is 8.53. The summed E-state index contributed by atoms with van der Waals surface area (Å²) in [6.45, 7) is 0.847. The zero-order valence-corrected chi connectivity index (χ0v) is 10.4.